The zero-order valence-corrected chi connectivity index (χ0v) is 10.5. The summed E-state index contributed by atoms with van der Waals surface area (Å²) in [6.07, 6.45) is 1.91. The average molecular weight is 231 g/mol. The van der Waals surface area contributed by atoms with E-state index in [1.807, 2.05) is 20.8 Å². The SMILES string of the molecule is CCn1ncc(Cl)c1C(O)C(C)(C)CC. The number of aliphatic hydroxyl groups excluding tert-OH is 1. The number of halogens is 1. The van der Waals surface area contributed by atoms with Crippen LogP contribution in [0.25, 0.3) is 0 Å². The molecule has 3 nitrogen and oxygen atoms in total. The summed E-state index contributed by atoms with van der Waals surface area (Å²) in [5, 5.41) is 15.0. The second-order valence-electron chi connectivity index (χ2n) is 4.44. The Morgan fingerprint density at radius 3 is 2.60 bits per heavy atom. The van der Waals surface area contributed by atoms with Crippen molar-refractivity contribution < 1.29 is 5.11 Å². The van der Waals surface area contributed by atoms with Crippen LogP contribution in [0, 0.1) is 5.41 Å². The van der Waals surface area contributed by atoms with Crippen LogP contribution in [0.1, 0.15) is 45.9 Å². The maximum absolute atomic E-state index is 10.3. The van der Waals surface area contributed by atoms with Gasteiger partial charge in [-0.2, -0.15) is 5.10 Å². The van der Waals surface area contributed by atoms with E-state index in [0.717, 1.165) is 18.7 Å². The maximum atomic E-state index is 10.3. The minimum atomic E-state index is -0.572. The van der Waals surface area contributed by atoms with Crippen LogP contribution >= 0.6 is 11.6 Å². The number of nitrogens with zero attached hydrogens (tertiary/aromatic N) is 2. The molecule has 4 heteroatoms. The van der Waals surface area contributed by atoms with Gasteiger partial charge in [0, 0.05) is 6.54 Å². The lowest BCUT2D eigenvalue weighted by atomic mass is 9.82. The Balaban J connectivity index is 3.09. The molecule has 0 aromatic carbocycles. The van der Waals surface area contributed by atoms with Crippen LogP contribution in [-0.4, -0.2) is 14.9 Å². The first-order chi connectivity index (χ1) is 6.94. The fourth-order valence-corrected chi connectivity index (χ4v) is 1.70. The Kier molecular flexibility index (Phi) is 3.79. The molecule has 0 amide bonds. The van der Waals surface area contributed by atoms with Crippen LogP contribution in [0.3, 0.4) is 0 Å². The summed E-state index contributed by atoms with van der Waals surface area (Å²) in [6.45, 7) is 8.82. The van der Waals surface area contributed by atoms with Crippen LogP contribution in [0.15, 0.2) is 6.20 Å². The monoisotopic (exact) mass is 230 g/mol. The second kappa shape index (κ2) is 4.54. The maximum Gasteiger partial charge on any atom is 0.102 e. The van der Waals surface area contributed by atoms with Gasteiger partial charge in [0.15, 0.2) is 0 Å². The fraction of sp³-hybridized carbons (Fsp3) is 0.727. The molecule has 1 N–H and O–H groups in total. The molecule has 0 spiro atoms. The van der Waals surface area contributed by atoms with E-state index < -0.39 is 6.10 Å². The number of aryl methyl sites for hydroxylation is 1. The van der Waals surface area contributed by atoms with Gasteiger partial charge in [-0.3, -0.25) is 4.68 Å². The molecule has 0 fully saturated rings. The Morgan fingerprint density at radius 2 is 2.13 bits per heavy atom. The third kappa shape index (κ3) is 2.34. The molecule has 1 unspecified atom stereocenters. The molecule has 0 aliphatic rings. The van der Waals surface area contributed by atoms with Crippen molar-refractivity contribution in [2.24, 2.45) is 5.41 Å². The molecule has 1 rings (SSSR count). The standard InChI is InChI=1S/C11H19ClN2O/c1-5-11(3,4)10(15)9-8(12)7-13-14(9)6-2/h7,10,15H,5-6H2,1-4H3. The zero-order valence-electron chi connectivity index (χ0n) is 9.79. The number of aromatic nitrogens is 2. The van der Waals surface area contributed by atoms with E-state index in [2.05, 4.69) is 12.0 Å². The predicted octanol–water partition coefficient (Wildman–Crippen LogP) is 3.03. The van der Waals surface area contributed by atoms with Gasteiger partial charge >= 0.3 is 0 Å². The molecular formula is C11H19ClN2O. The van der Waals surface area contributed by atoms with Crippen LogP contribution in [0.5, 0.6) is 0 Å². The Hall–Kier alpha value is -0.540. The van der Waals surface area contributed by atoms with Gasteiger partial charge in [-0.25, -0.2) is 0 Å². The molecule has 0 aliphatic carbocycles. The fourth-order valence-electron chi connectivity index (χ4n) is 1.46. The van der Waals surface area contributed by atoms with Crippen molar-refractivity contribution in [2.45, 2.75) is 46.8 Å². The lowest BCUT2D eigenvalue weighted by molar-refractivity contribution is 0.0393. The highest BCUT2D eigenvalue weighted by molar-refractivity contribution is 6.31. The van der Waals surface area contributed by atoms with Crippen LogP contribution in [0.4, 0.5) is 0 Å². The third-order valence-corrected chi connectivity index (χ3v) is 3.33. The summed E-state index contributed by atoms with van der Waals surface area (Å²) < 4.78 is 1.75. The highest BCUT2D eigenvalue weighted by Crippen LogP contribution is 2.38. The molecule has 0 saturated heterocycles. The molecule has 0 bridgehead atoms. The summed E-state index contributed by atoms with van der Waals surface area (Å²) in [4.78, 5) is 0. The van der Waals surface area contributed by atoms with Gasteiger partial charge in [0.25, 0.3) is 0 Å². The van der Waals surface area contributed by atoms with Crippen molar-refractivity contribution in [1.29, 1.82) is 0 Å². The Bertz CT molecular complexity index is 333. The predicted molar refractivity (Wildman–Crippen MR) is 61.9 cm³/mol. The highest BCUT2D eigenvalue weighted by Gasteiger charge is 2.31. The van der Waals surface area contributed by atoms with E-state index in [0.29, 0.717) is 5.02 Å². The van der Waals surface area contributed by atoms with E-state index in [1.165, 1.54) is 0 Å². The lowest BCUT2D eigenvalue weighted by Crippen LogP contribution is -2.24. The Labute approximate surface area is 96.1 Å². The second-order valence-corrected chi connectivity index (χ2v) is 4.85. The van der Waals surface area contributed by atoms with E-state index in [-0.39, 0.29) is 5.41 Å². The lowest BCUT2D eigenvalue weighted by Gasteiger charge is -2.29. The molecule has 1 heterocycles. The van der Waals surface area contributed by atoms with Crippen LogP contribution in [0.2, 0.25) is 5.02 Å². The zero-order chi connectivity index (χ0) is 11.6. The van der Waals surface area contributed by atoms with Crippen LogP contribution in [-0.2, 0) is 6.54 Å². The number of rotatable bonds is 4. The van der Waals surface area contributed by atoms with Gasteiger partial charge in [-0.1, -0.05) is 32.4 Å². The molecule has 1 atom stereocenters. The van der Waals surface area contributed by atoms with E-state index in [9.17, 15) is 5.11 Å². The smallest absolute Gasteiger partial charge is 0.102 e. The molecule has 0 saturated carbocycles. The van der Waals surface area contributed by atoms with Gasteiger partial charge in [0.1, 0.15) is 6.10 Å². The first-order valence-electron chi connectivity index (χ1n) is 5.33. The molecule has 0 aliphatic heterocycles. The number of aliphatic hydroxyl groups is 1. The first-order valence-corrected chi connectivity index (χ1v) is 5.71. The van der Waals surface area contributed by atoms with Gasteiger partial charge in [-0.05, 0) is 18.8 Å². The van der Waals surface area contributed by atoms with Crippen molar-refractivity contribution in [2.75, 3.05) is 0 Å². The summed E-state index contributed by atoms with van der Waals surface area (Å²) in [7, 11) is 0. The number of hydrogen-bond acceptors (Lipinski definition) is 2. The van der Waals surface area contributed by atoms with Gasteiger partial charge in [-0.15, -0.1) is 0 Å². The van der Waals surface area contributed by atoms with Crippen molar-refractivity contribution in [3.63, 3.8) is 0 Å². The molecule has 1 aromatic rings. The van der Waals surface area contributed by atoms with E-state index >= 15 is 0 Å². The van der Waals surface area contributed by atoms with Gasteiger partial charge < -0.3 is 5.11 Å². The van der Waals surface area contributed by atoms with Crippen molar-refractivity contribution in [3.8, 4) is 0 Å². The van der Waals surface area contributed by atoms with Crippen molar-refractivity contribution in [1.82, 2.24) is 9.78 Å². The molecule has 86 valence electrons. The number of hydrogen-bond donors (Lipinski definition) is 1. The minimum Gasteiger partial charge on any atom is -0.386 e. The van der Waals surface area contributed by atoms with Gasteiger partial charge in [0.2, 0.25) is 0 Å². The summed E-state index contributed by atoms with van der Waals surface area (Å²) >= 11 is 6.04. The summed E-state index contributed by atoms with van der Waals surface area (Å²) in [6, 6.07) is 0. The highest BCUT2D eigenvalue weighted by atomic mass is 35.5. The normalized spacial score (nSPS) is 14.3. The molecule has 0 radical (unpaired) electrons. The molecule has 15 heavy (non-hydrogen) atoms. The Morgan fingerprint density at radius 1 is 1.53 bits per heavy atom. The third-order valence-electron chi connectivity index (χ3n) is 3.04. The quantitative estimate of drug-likeness (QED) is 0.864. The molecule has 1 aromatic heterocycles. The van der Waals surface area contributed by atoms with Crippen LogP contribution < -0.4 is 0 Å². The van der Waals surface area contributed by atoms with E-state index in [1.54, 1.807) is 10.9 Å². The molecular weight excluding hydrogens is 212 g/mol. The summed E-state index contributed by atoms with van der Waals surface area (Å²) in [5.74, 6) is 0. The average Bonchev–Trinajstić information content (AvgIpc) is 2.58. The topological polar surface area (TPSA) is 38.0 Å². The first kappa shape index (κ1) is 12.5. The van der Waals surface area contributed by atoms with Crippen molar-refractivity contribution in [3.05, 3.63) is 16.9 Å². The van der Waals surface area contributed by atoms with Gasteiger partial charge in [0.05, 0.1) is 16.9 Å². The van der Waals surface area contributed by atoms with Crippen molar-refractivity contribution >= 4 is 11.6 Å². The summed E-state index contributed by atoms with van der Waals surface area (Å²) in [5.41, 5.74) is 0.544. The largest absolute Gasteiger partial charge is 0.386 e. The van der Waals surface area contributed by atoms with E-state index in [4.69, 9.17) is 11.6 Å². The minimum absolute atomic E-state index is 0.184.